The van der Waals surface area contributed by atoms with Crippen LogP contribution in [0.3, 0.4) is 0 Å². The molecule has 2 heterocycles. The van der Waals surface area contributed by atoms with Crippen LogP contribution in [0, 0.1) is 0 Å². The van der Waals surface area contributed by atoms with Gasteiger partial charge in [0.15, 0.2) is 0 Å². The van der Waals surface area contributed by atoms with Crippen molar-refractivity contribution in [3.63, 3.8) is 0 Å². The number of pyridine rings is 1. The molecule has 0 bridgehead atoms. The van der Waals surface area contributed by atoms with E-state index in [0.29, 0.717) is 32.8 Å². The Bertz CT molecular complexity index is 535. The summed E-state index contributed by atoms with van der Waals surface area (Å²) < 4.78 is 50.4. The van der Waals surface area contributed by atoms with E-state index >= 15 is 0 Å². The van der Waals surface area contributed by atoms with Crippen molar-refractivity contribution < 1.29 is 22.6 Å². The molecule has 0 unspecified atom stereocenters. The van der Waals surface area contributed by atoms with Crippen LogP contribution in [0.5, 0.6) is 5.75 Å². The number of ether oxygens (including phenoxy) is 2. The Labute approximate surface area is 145 Å². The van der Waals surface area contributed by atoms with Gasteiger partial charge in [0.05, 0.1) is 12.8 Å². The molecular formula is C16H25F3N4O2. The summed E-state index contributed by atoms with van der Waals surface area (Å²) in [4.78, 5) is 7.96. The van der Waals surface area contributed by atoms with Crippen LogP contribution in [-0.2, 0) is 10.9 Å². The zero-order valence-corrected chi connectivity index (χ0v) is 14.6. The molecule has 1 aliphatic rings. The molecule has 0 saturated carbocycles. The maximum absolute atomic E-state index is 13.4. The van der Waals surface area contributed by atoms with Crippen molar-refractivity contribution in [3.05, 3.63) is 17.8 Å². The molecule has 1 N–H and O–H groups in total. The first-order valence-corrected chi connectivity index (χ1v) is 8.26. The third kappa shape index (κ3) is 5.72. The highest BCUT2D eigenvalue weighted by molar-refractivity contribution is 5.51. The Balaban J connectivity index is 2.09. The van der Waals surface area contributed by atoms with Crippen LogP contribution >= 0.6 is 0 Å². The monoisotopic (exact) mass is 362 g/mol. The molecule has 0 spiro atoms. The highest BCUT2D eigenvalue weighted by Gasteiger charge is 2.37. The summed E-state index contributed by atoms with van der Waals surface area (Å²) in [5.41, 5.74) is -0.758. The van der Waals surface area contributed by atoms with Gasteiger partial charge in [0.25, 0.3) is 0 Å². The lowest BCUT2D eigenvalue weighted by Gasteiger charge is -2.36. The zero-order chi connectivity index (χ0) is 18.3. The van der Waals surface area contributed by atoms with Crippen molar-refractivity contribution in [2.45, 2.75) is 6.18 Å². The van der Waals surface area contributed by atoms with Crippen LogP contribution < -0.4 is 15.0 Å². The van der Waals surface area contributed by atoms with Crippen LogP contribution in [-0.4, -0.2) is 76.5 Å². The molecule has 0 amide bonds. The van der Waals surface area contributed by atoms with Gasteiger partial charge in [-0.05, 0) is 13.1 Å². The quantitative estimate of drug-likeness (QED) is 0.707. The highest BCUT2D eigenvalue weighted by atomic mass is 19.4. The molecule has 142 valence electrons. The van der Waals surface area contributed by atoms with Gasteiger partial charge in [0.2, 0.25) is 0 Å². The number of anilines is 1. The van der Waals surface area contributed by atoms with E-state index in [9.17, 15) is 13.2 Å². The Morgan fingerprint density at radius 3 is 2.52 bits per heavy atom. The molecular weight excluding hydrogens is 337 g/mol. The van der Waals surface area contributed by atoms with Crippen molar-refractivity contribution in [3.8, 4) is 5.75 Å². The molecule has 2 rings (SSSR count). The molecule has 1 aromatic heterocycles. The van der Waals surface area contributed by atoms with Gasteiger partial charge in [-0.25, -0.2) is 4.98 Å². The second-order valence-electron chi connectivity index (χ2n) is 5.81. The summed E-state index contributed by atoms with van der Waals surface area (Å²) in [5, 5.41) is 3.07. The van der Waals surface area contributed by atoms with Gasteiger partial charge in [-0.2, -0.15) is 13.2 Å². The van der Waals surface area contributed by atoms with Gasteiger partial charge in [-0.1, -0.05) is 0 Å². The van der Waals surface area contributed by atoms with Gasteiger partial charge in [-0.15, -0.1) is 0 Å². The van der Waals surface area contributed by atoms with E-state index in [1.807, 2.05) is 7.05 Å². The number of methoxy groups -OCH3 is 1. The minimum absolute atomic E-state index is 0.0279. The van der Waals surface area contributed by atoms with Crippen molar-refractivity contribution in [1.82, 2.24) is 15.2 Å². The van der Waals surface area contributed by atoms with E-state index in [1.165, 1.54) is 13.3 Å². The summed E-state index contributed by atoms with van der Waals surface area (Å²) in [5.74, 6) is 0.0700. The van der Waals surface area contributed by atoms with E-state index in [4.69, 9.17) is 9.47 Å². The van der Waals surface area contributed by atoms with Crippen LogP contribution in [0.15, 0.2) is 12.3 Å². The minimum atomic E-state index is -4.48. The maximum Gasteiger partial charge on any atom is 0.420 e. The first-order chi connectivity index (χ1) is 12.0. The lowest BCUT2D eigenvalue weighted by atomic mass is 10.2. The van der Waals surface area contributed by atoms with E-state index in [2.05, 4.69) is 15.2 Å². The van der Waals surface area contributed by atoms with E-state index in [0.717, 1.165) is 19.2 Å². The van der Waals surface area contributed by atoms with Crippen molar-refractivity contribution in [2.75, 3.05) is 71.5 Å². The summed E-state index contributed by atoms with van der Waals surface area (Å²) in [6.45, 7) is 4.69. The van der Waals surface area contributed by atoms with Crippen molar-refractivity contribution in [2.24, 2.45) is 0 Å². The van der Waals surface area contributed by atoms with Crippen molar-refractivity contribution in [1.29, 1.82) is 0 Å². The molecule has 6 nitrogen and oxygen atoms in total. The second-order valence-corrected chi connectivity index (χ2v) is 5.81. The van der Waals surface area contributed by atoms with Crippen LogP contribution in [0.1, 0.15) is 5.56 Å². The third-order valence-electron chi connectivity index (χ3n) is 4.05. The lowest BCUT2D eigenvalue weighted by molar-refractivity contribution is -0.137. The number of likely N-dealkylation sites (N-methyl/N-ethyl adjacent to an activating group) is 1. The fraction of sp³-hybridized carbons (Fsp3) is 0.688. The molecule has 0 radical (unpaired) electrons. The summed E-state index contributed by atoms with van der Waals surface area (Å²) in [6, 6.07) is 1.02. The smallest absolute Gasteiger partial charge is 0.420 e. The SMILES string of the molecule is CNCCN1CCN(c2ncc(OCCOC)cc2C(F)(F)F)CC1. The number of aromatic nitrogens is 1. The number of nitrogens with zero attached hydrogens (tertiary/aromatic N) is 3. The molecule has 0 atom stereocenters. The number of rotatable bonds is 8. The number of nitrogens with one attached hydrogen (secondary N) is 1. The number of piperazine rings is 1. The first kappa shape index (κ1) is 19.7. The Hall–Kier alpha value is -1.58. The summed E-state index contributed by atoms with van der Waals surface area (Å²) in [7, 11) is 3.38. The molecule has 1 aliphatic heterocycles. The number of hydrogen-bond donors (Lipinski definition) is 1. The lowest BCUT2D eigenvalue weighted by Crippen LogP contribution is -2.48. The predicted molar refractivity (Wildman–Crippen MR) is 89.2 cm³/mol. The Morgan fingerprint density at radius 1 is 1.20 bits per heavy atom. The summed E-state index contributed by atoms with van der Waals surface area (Å²) >= 11 is 0. The molecule has 0 aromatic carbocycles. The largest absolute Gasteiger partial charge is 0.490 e. The fourth-order valence-corrected chi connectivity index (χ4v) is 2.67. The number of halogens is 3. The average Bonchev–Trinajstić information content (AvgIpc) is 2.60. The Kier molecular flexibility index (Phi) is 7.27. The van der Waals surface area contributed by atoms with Crippen LogP contribution in [0.4, 0.5) is 19.0 Å². The minimum Gasteiger partial charge on any atom is -0.490 e. The molecule has 9 heteroatoms. The molecule has 1 fully saturated rings. The second kappa shape index (κ2) is 9.21. The van der Waals surface area contributed by atoms with Gasteiger partial charge >= 0.3 is 6.18 Å². The molecule has 1 saturated heterocycles. The predicted octanol–water partition coefficient (Wildman–Crippen LogP) is 1.47. The zero-order valence-electron chi connectivity index (χ0n) is 14.6. The summed E-state index contributed by atoms with van der Waals surface area (Å²) in [6.07, 6.45) is -3.14. The number of alkyl halides is 3. The van der Waals surface area contributed by atoms with Gasteiger partial charge in [0, 0.05) is 46.4 Å². The Morgan fingerprint density at radius 2 is 1.92 bits per heavy atom. The van der Waals surface area contributed by atoms with E-state index < -0.39 is 11.7 Å². The topological polar surface area (TPSA) is 49.9 Å². The molecule has 25 heavy (non-hydrogen) atoms. The third-order valence-corrected chi connectivity index (χ3v) is 4.05. The van der Waals surface area contributed by atoms with Crippen molar-refractivity contribution >= 4 is 5.82 Å². The van der Waals surface area contributed by atoms with Crippen LogP contribution in [0.2, 0.25) is 0 Å². The highest BCUT2D eigenvalue weighted by Crippen LogP contribution is 2.37. The van der Waals surface area contributed by atoms with Crippen LogP contribution in [0.25, 0.3) is 0 Å². The number of hydrogen-bond acceptors (Lipinski definition) is 6. The molecule has 0 aliphatic carbocycles. The van der Waals surface area contributed by atoms with E-state index in [-0.39, 0.29) is 18.2 Å². The average molecular weight is 362 g/mol. The van der Waals surface area contributed by atoms with Gasteiger partial charge in [0.1, 0.15) is 23.7 Å². The first-order valence-electron chi connectivity index (χ1n) is 8.26. The van der Waals surface area contributed by atoms with E-state index in [1.54, 1.807) is 4.90 Å². The van der Waals surface area contributed by atoms with Gasteiger partial charge < -0.3 is 19.7 Å². The standard InChI is InChI=1S/C16H25F3N4O2/c1-20-3-4-22-5-7-23(8-6-22)15-14(16(17,18)19)11-13(12-21-15)25-10-9-24-2/h11-12,20H,3-10H2,1-2H3. The molecule has 1 aromatic rings. The van der Waals surface area contributed by atoms with Gasteiger partial charge in [-0.3, -0.25) is 4.90 Å². The maximum atomic E-state index is 13.4. The fourth-order valence-electron chi connectivity index (χ4n) is 2.67. The normalized spacial score (nSPS) is 16.3.